The van der Waals surface area contributed by atoms with Crippen LogP contribution in [-0.2, 0) is 0 Å². The molecule has 0 saturated carbocycles. The van der Waals surface area contributed by atoms with Gasteiger partial charge in [0.1, 0.15) is 6.10 Å². The number of aryl methyl sites for hydroxylation is 2. The first-order chi connectivity index (χ1) is 10.9. The second-order valence-corrected chi connectivity index (χ2v) is 5.91. The maximum absolute atomic E-state index is 14.2. The molecule has 23 heavy (non-hydrogen) atoms. The summed E-state index contributed by atoms with van der Waals surface area (Å²) < 4.78 is 33.5. The lowest BCUT2D eigenvalue weighted by molar-refractivity contribution is 0.189. The Kier molecular flexibility index (Phi) is 3.88. The Morgan fingerprint density at radius 1 is 1.13 bits per heavy atom. The first kappa shape index (κ1) is 15.6. The van der Waals surface area contributed by atoms with Gasteiger partial charge in [-0.2, -0.15) is 4.39 Å². The molecule has 1 aromatic carbocycles. The summed E-state index contributed by atoms with van der Waals surface area (Å²) in [6.07, 6.45) is 1.34. The monoisotopic (exact) mass is 316 g/mol. The van der Waals surface area contributed by atoms with E-state index in [1.807, 2.05) is 26.8 Å². The predicted molar refractivity (Wildman–Crippen MR) is 85.3 cm³/mol. The maximum Gasteiger partial charge on any atom is 0.201 e. The quantitative estimate of drug-likeness (QED) is 0.797. The molecule has 0 bridgehead atoms. The lowest BCUT2D eigenvalue weighted by Crippen LogP contribution is -2.24. The average Bonchev–Trinajstić information content (AvgIpc) is 2.64. The summed E-state index contributed by atoms with van der Waals surface area (Å²) in [5.41, 5.74) is 3.73. The third-order valence-corrected chi connectivity index (χ3v) is 4.23. The Morgan fingerprint density at radius 2 is 1.87 bits per heavy atom. The van der Waals surface area contributed by atoms with Crippen molar-refractivity contribution in [3.63, 3.8) is 0 Å². The molecule has 2 atom stereocenters. The minimum Gasteiger partial charge on any atom is -0.485 e. The zero-order valence-corrected chi connectivity index (χ0v) is 13.5. The van der Waals surface area contributed by atoms with Crippen LogP contribution in [-0.4, -0.2) is 22.8 Å². The van der Waals surface area contributed by atoms with Crippen LogP contribution in [0.3, 0.4) is 0 Å². The number of nitrogens with zero attached hydrogens (tertiary/aromatic N) is 2. The van der Waals surface area contributed by atoms with Crippen molar-refractivity contribution >= 4 is 5.71 Å². The highest BCUT2D eigenvalue weighted by Crippen LogP contribution is 2.32. The van der Waals surface area contributed by atoms with Gasteiger partial charge in [0, 0.05) is 23.0 Å². The van der Waals surface area contributed by atoms with Gasteiger partial charge in [0.2, 0.25) is 5.82 Å². The zero-order chi connectivity index (χ0) is 16.7. The summed E-state index contributed by atoms with van der Waals surface area (Å²) in [6, 6.07) is 4.37. The van der Waals surface area contributed by atoms with Gasteiger partial charge >= 0.3 is 0 Å². The summed E-state index contributed by atoms with van der Waals surface area (Å²) in [4.78, 5) is 9.02. The molecular weight excluding hydrogens is 298 g/mol. The molecule has 0 spiro atoms. The Labute approximate surface area is 134 Å². The van der Waals surface area contributed by atoms with Crippen molar-refractivity contribution < 1.29 is 13.5 Å². The van der Waals surface area contributed by atoms with E-state index in [1.54, 1.807) is 13.1 Å². The van der Waals surface area contributed by atoms with Crippen molar-refractivity contribution in [1.82, 2.24) is 4.98 Å². The fourth-order valence-electron chi connectivity index (χ4n) is 2.50. The topological polar surface area (TPSA) is 34.5 Å². The standard InChI is InChI=1S/C18H18F2N2O/c1-9-7-13(8-21-10(9)2)17-14-5-6-15(19)16(20)18(14)23-12(4)11(3)22-17/h5-8,11-12H,1-4H3/t11-,12-/m0/s1. The molecule has 0 N–H and O–H groups in total. The van der Waals surface area contributed by atoms with Gasteiger partial charge in [-0.05, 0) is 51.5 Å². The van der Waals surface area contributed by atoms with Crippen molar-refractivity contribution in [2.75, 3.05) is 0 Å². The van der Waals surface area contributed by atoms with Gasteiger partial charge in [-0.1, -0.05) is 0 Å². The molecule has 2 aromatic rings. The first-order valence-electron chi connectivity index (χ1n) is 7.55. The fourth-order valence-corrected chi connectivity index (χ4v) is 2.50. The largest absolute Gasteiger partial charge is 0.485 e. The smallest absolute Gasteiger partial charge is 0.201 e. The normalized spacial score (nSPS) is 20.3. The Bertz CT molecular complexity index is 802. The molecule has 3 rings (SSSR count). The number of ether oxygens (including phenoxy) is 1. The second-order valence-electron chi connectivity index (χ2n) is 5.91. The molecule has 5 heteroatoms. The molecule has 0 aliphatic carbocycles. The number of hydrogen-bond donors (Lipinski definition) is 0. The number of aromatic nitrogens is 1. The summed E-state index contributed by atoms with van der Waals surface area (Å²) in [7, 11) is 0. The number of rotatable bonds is 1. The lowest BCUT2D eigenvalue weighted by atomic mass is 10.0. The van der Waals surface area contributed by atoms with Crippen LogP contribution in [0.25, 0.3) is 0 Å². The average molecular weight is 316 g/mol. The zero-order valence-electron chi connectivity index (χ0n) is 13.5. The van der Waals surface area contributed by atoms with Gasteiger partial charge in [-0.15, -0.1) is 0 Å². The van der Waals surface area contributed by atoms with E-state index in [0.29, 0.717) is 11.3 Å². The van der Waals surface area contributed by atoms with E-state index < -0.39 is 11.6 Å². The molecule has 0 unspecified atom stereocenters. The molecule has 1 aliphatic rings. The SMILES string of the molecule is Cc1cc(C2=N[C@@H](C)[C@H](C)Oc3c2ccc(F)c3F)cnc1C. The maximum atomic E-state index is 14.2. The molecule has 1 aromatic heterocycles. The number of pyridine rings is 1. The minimum atomic E-state index is -0.979. The van der Waals surface area contributed by atoms with Crippen LogP contribution in [0.15, 0.2) is 29.4 Å². The highest BCUT2D eigenvalue weighted by Gasteiger charge is 2.27. The van der Waals surface area contributed by atoms with Crippen LogP contribution in [0, 0.1) is 25.5 Å². The molecule has 120 valence electrons. The second kappa shape index (κ2) is 5.72. The summed E-state index contributed by atoms with van der Waals surface area (Å²) >= 11 is 0. The van der Waals surface area contributed by atoms with Gasteiger partial charge in [-0.3, -0.25) is 9.98 Å². The molecule has 0 radical (unpaired) electrons. The van der Waals surface area contributed by atoms with Gasteiger partial charge < -0.3 is 4.74 Å². The van der Waals surface area contributed by atoms with E-state index >= 15 is 0 Å². The fraction of sp³-hybridized carbons (Fsp3) is 0.333. The van der Waals surface area contributed by atoms with Crippen LogP contribution < -0.4 is 4.74 Å². The molecule has 0 saturated heterocycles. The third-order valence-electron chi connectivity index (χ3n) is 4.23. The van der Waals surface area contributed by atoms with E-state index in [1.165, 1.54) is 6.07 Å². The van der Waals surface area contributed by atoms with Gasteiger partial charge in [0.25, 0.3) is 0 Å². The van der Waals surface area contributed by atoms with E-state index in [-0.39, 0.29) is 17.9 Å². The molecular formula is C18H18F2N2O. The Balaban J connectivity index is 2.24. The van der Waals surface area contributed by atoms with E-state index in [0.717, 1.165) is 22.9 Å². The van der Waals surface area contributed by atoms with Crippen molar-refractivity contribution in [2.24, 2.45) is 4.99 Å². The highest BCUT2D eigenvalue weighted by molar-refractivity contribution is 6.14. The highest BCUT2D eigenvalue weighted by atomic mass is 19.2. The summed E-state index contributed by atoms with van der Waals surface area (Å²) in [5.74, 6) is -1.99. The minimum absolute atomic E-state index is 0.0844. The lowest BCUT2D eigenvalue weighted by Gasteiger charge is -2.16. The van der Waals surface area contributed by atoms with E-state index in [9.17, 15) is 8.78 Å². The van der Waals surface area contributed by atoms with Gasteiger partial charge in [0.05, 0.1) is 11.8 Å². The number of hydrogen-bond acceptors (Lipinski definition) is 3. The van der Waals surface area contributed by atoms with Crippen molar-refractivity contribution in [3.05, 3.63) is 58.4 Å². The van der Waals surface area contributed by atoms with E-state index in [2.05, 4.69) is 9.98 Å². The number of halogens is 2. The Hall–Kier alpha value is -2.30. The molecule has 0 fully saturated rings. The van der Waals surface area contributed by atoms with Crippen LogP contribution in [0.2, 0.25) is 0 Å². The van der Waals surface area contributed by atoms with Crippen molar-refractivity contribution in [1.29, 1.82) is 0 Å². The third kappa shape index (κ3) is 2.71. The number of benzene rings is 1. The molecule has 3 nitrogen and oxygen atoms in total. The summed E-state index contributed by atoms with van der Waals surface area (Å²) in [5, 5.41) is 0. The number of fused-ring (bicyclic) bond motifs is 1. The predicted octanol–water partition coefficient (Wildman–Crippen LogP) is 3.98. The van der Waals surface area contributed by atoms with Gasteiger partial charge in [-0.25, -0.2) is 4.39 Å². The molecule has 1 aliphatic heterocycles. The van der Waals surface area contributed by atoms with Crippen LogP contribution >= 0.6 is 0 Å². The van der Waals surface area contributed by atoms with Crippen LogP contribution in [0.1, 0.15) is 36.2 Å². The van der Waals surface area contributed by atoms with Crippen LogP contribution in [0.5, 0.6) is 5.75 Å². The molecule has 0 amide bonds. The van der Waals surface area contributed by atoms with Gasteiger partial charge in [0.15, 0.2) is 11.6 Å². The summed E-state index contributed by atoms with van der Waals surface area (Å²) in [6.45, 7) is 7.56. The van der Waals surface area contributed by atoms with Crippen molar-refractivity contribution in [2.45, 2.75) is 39.8 Å². The number of aliphatic imine (C=N–C) groups is 1. The van der Waals surface area contributed by atoms with Crippen LogP contribution in [0.4, 0.5) is 8.78 Å². The molecule has 2 heterocycles. The Morgan fingerprint density at radius 3 is 2.57 bits per heavy atom. The van der Waals surface area contributed by atoms with Crippen molar-refractivity contribution in [3.8, 4) is 5.75 Å². The van der Waals surface area contributed by atoms with E-state index in [4.69, 9.17) is 4.74 Å². The first-order valence-corrected chi connectivity index (χ1v) is 7.55.